The molecule has 21 heteroatoms. The molecule has 2 aromatic rings. The molecule has 405 valence electrons. The Bertz CT molecular complexity index is 2800. The van der Waals surface area contributed by atoms with Crippen molar-refractivity contribution in [3.05, 3.63) is 95.9 Å². The Labute approximate surface area is 467 Å². The molecule has 0 amide bonds. The second-order valence-electron chi connectivity index (χ2n) is 22.4. The van der Waals surface area contributed by atoms with Gasteiger partial charge >= 0.3 is 11.9 Å². The number of alkyl halides is 5. The van der Waals surface area contributed by atoms with Crippen LogP contribution in [-0.4, -0.2) is 97.9 Å². The number of halogens is 6. The summed E-state index contributed by atoms with van der Waals surface area (Å²) in [6.45, 7) is 10.5. The summed E-state index contributed by atoms with van der Waals surface area (Å²) >= 11 is 0.851. The number of carbonyl (C=O) groups excluding carboxylic acids is 6. The smallest absolute Gasteiger partial charge is 0.375 e. The van der Waals surface area contributed by atoms with Gasteiger partial charge in [-0.15, -0.1) is 24.0 Å². The first-order chi connectivity index (χ1) is 34.4. The molecule has 11 rings (SSSR count). The van der Waals surface area contributed by atoms with E-state index in [4.69, 9.17) is 23.0 Å². The molecule has 75 heavy (non-hydrogen) atoms. The predicted molar refractivity (Wildman–Crippen MR) is 270 cm³/mol. The average molecular weight is 1240 g/mol. The van der Waals surface area contributed by atoms with E-state index in [-0.39, 0.29) is 109 Å². The molecular weight excluding hydrogens is 1180 g/mol. The quantitative estimate of drug-likeness (QED) is 0.114. The number of aliphatic hydroxyl groups excluding tert-OH is 1. The van der Waals surface area contributed by atoms with Gasteiger partial charge in [0, 0.05) is 58.0 Å². The normalized spacial score (nSPS) is 44.1. The molecule has 4 unspecified atom stereocenters. The average Bonchev–Trinajstić information content (AvgIpc) is 3.79. The van der Waals surface area contributed by atoms with Crippen molar-refractivity contribution in [2.24, 2.45) is 57.2 Å². The number of esters is 2. The molecule has 6 saturated carbocycles. The number of hydrogen-bond donors (Lipinski definition) is 1. The fourth-order valence-corrected chi connectivity index (χ4v) is 17.9. The fraction of sp³-hybridized carbons (Fsp3) is 0.593. The van der Waals surface area contributed by atoms with Gasteiger partial charge in [-0.25, -0.2) is 31.5 Å². The molecule has 8 aliphatic carbocycles. The number of hydrogen-bond acceptors (Lipinski definition) is 14. The van der Waals surface area contributed by atoms with Crippen LogP contribution in [0.25, 0.3) is 0 Å². The van der Waals surface area contributed by atoms with Gasteiger partial charge in [0.2, 0.25) is 21.8 Å². The van der Waals surface area contributed by atoms with Crippen LogP contribution in [0.4, 0.5) is 22.0 Å². The third-order valence-electron chi connectivity index (χ3n) is 19.6. The van der Waals surface area contributed by atoms with Gasteiger partial charge in [0.05, 0.1) is 24.7 Å². The number of aliphatic hydroxyl groups is 1. The summed E-state index contributed by atoms with van der Waals surface area (Å²) < 4.78 is 104. The Morgan fingerprint density at radius 3 is 1.60 bits per heavy atom. The minimum atomic E-state index is -2.35. The number of ketones is 2. The monoisotopic (exact) mass is 1240 g/mol. The molecule has 3 heterocycles. The molecule has 1 N–H and O–H groups in total. The van der Waals surface area contributed by atoms with Crippen molar-refractivity contribution in [2.75, 3.05) is 12.0 Å². The van der Waals surface area contributed by atoms with E-state index in [1.807, 2.05) is 20.8 Å². The number of allylic oxidation sites excluding steroid dienone is 6. The second kappa shape index (κ2) is 19.8. The zero-order valence-electron chi connectivity index (χ0n) is 41.9. The number of carbonyl (C=O) groups is 6. The first kappa shape index (κ1) is 57.9. The summed E-state index contributed by atoms with van der Waals surface area (Å²) in [5.41, 5.74) is -10.8. The second-order valence-corrected chi connectivity index (χ2v) is 24.2. The molecule has 2 aromatic heterocycles. The molecule has 1 spiro atoms. The van der Waals surface area contributed by atoms with Crippen molar-refractivity contribution >= 4 is 81.2 Å². The first-order valence-electron chi connectivity index (χ1n) is 24.6. The maximum absolute atomic E-state index is 17.4. The minimum absolute atomic E-state index is 0. The number of rotatable bonds is 8. The summed E-state index contributed by atoms with van der Waals surface area (Å²) in [5.74, 6) is -5.96. The molecule has 1 radical (unpaired) electrons. The van der Waals surface area contributed by atoms with Crippen molar-refractivity contribution in [3.63, 3.8) is 0 Å². The van der Waals surface area contributed by atoms with E-state index in [0.717, 1.165) is 6.08 Å². The van der Waals surface area contributed by atoms with Crippen LogP contribution >= 0.6 is 47.5 Å². The third kappa shape index (κ3) is 7.74. The summed E-state index contributed by atoms with van der Waals surface area (Å²) in [6.07, 6.45) is 6.54. The number of epoxide rings is 1. The van der Waals surface area contributed by atoms with Crippen LogP contribution < -0.4 is 0 Å². The molecule has 7 fully saturated rings. The Balaban J connectivity index is 0.000000194. The van der Waals surface area contributed by atoms with Crippen molar-refractivity contribution < 1.29 is 97.4 Å². The molecule has 18 atom stereocenters. The molecule has 0 aromatic carbocycles. The molecule has 9 aliphatic rings. The zero-order chi connectivity index (χ0) is 52.6. The first-order valence-corrected chi connectivity index (χ1v) is 26.6. The standard InChI is InChI=1S/C27H29F3O6S.C27H28F2O6S.HI.V/c1-14-9-16-17-11-19(29)18-10-15(31)6-7-24(18,2)26(17,30)21(32)12-25(16,3)27(14,23(34)37-13-28)36-22(33)20-5-4-8-35-20;1-14-9-16-17-11-19(29)18-10-15(30)6-7-24(18,2)27(17)21(34-27)12-25(16,3)26(14,23(32)36-13-28)35-22(31)20-5-4-8-33-20;;/h4-8,10,14,16-17,19,21,32H,9,11-13H2,1-3H3;4-8,10,14,16-17,19,21H,9,11-13H2,1-3H3;1H;/t14-,16?,17?,19+,21+,24+,25+,26+,27+;14-,16?,17?,19+,21+,24+,25+,26+,27-;;/m11../s1. The van der Waals surface area contributed by atoms with Gasteiger partial charge in [0.25, 0.3) is 0 Å². The van der Waals surface area contributed by atoms with Crippen molar-refractivity contribution in [2.45, 2.75) is 127 Å². The van der Waals surface area contributed by atoms with Crippen LogP contribution in [0.5, 0.6) is 0 Å². The summed E-state index contributed by atoms with van der Waals surface area (Å²) in [5, 5.41) is 10.2. The van der Waals surface area contributed by atoms with Crippen LogP contribution in [-0.2, 0) is 51.9 Å². The fourth-order valence-electron chi connectivity index (χ4n) is 16.4. The molecule has 1 saturated heterocycles. The van der Waals surface area contributed by atoms with E-state index >= 15 is 13.2 Å². The number of ether oxygens (including phenoxy) is 3. The van der Waals surface area contributed by atoms with E-state index in [2.05, 4.69) is 0 Å². The van der Waals surface area contributed by atoms with Crippen molar-refractivity contribution in [1.29, 1.82) is 0 Å². The van der Waals surface area contributed by atoms with Gasteiger partial charge in [-0.05, 0) is 153 Å². The van der Waals surface area contributed by atoms with Crippen LogP contribution in [0, 0.1) is 57.2 Å². The maximum Gasteiger partial charge on any atom is 0.375 e. The van der Waals surface area contributed by atoms with E-state index in [0.29, 0.717) is 41.9 Å². The van der Waals surface area contributed by atoms with E-state index in [9.17, 15) is 42.7 Å². The zero-order valence-corrected chi connectivity index (χ0v) is 47.2. The van der Waals surface area contributed by atoms with Gasteiger partial charge in [0.15, 0.2) is 28.4 Å². The van der Waals surface area contributed by atoms with E-state index in [1.165, 1.54) is 62.0 Å². The maximum atomic E-state index is 17.4. The Hall–Kier alpha value is -3.28. The Morgan fingerprint density at radius 1 is 0.693 bits per heavy atom. The van der Waals surface area contributed by atoms with Crippen LogP contribution in [0.1, 0.15) is 101 Å². The summed E-state index contributed by atoms with van der Waals surface area (Å²) in [7, 11) is 0. The van der Waals surface area contributed by atoms with Gasteiger partial charge in [-0.1, -0.05) is 39.8 Å². The van der Waals surface area contributed by atoms with Gasteiger partial charge < -0.3 is 28.2 Å². The minimum Gasteiger partial charge on any atom is -0.457 e. The van der Waals surface area contributed by atoms with Gasteiger partial charge in [-0.3, -0.25) is 19.2 Å². The SMILES string of the molecule is C[C@@H]1CC2C3C[C@H](F)C4=CC(=O)C=C[C@]4(C)[C@@]3(F)[C@@H](O)C[C@]2(C)[C@@]1(OC(=O)c1ccco1)C(=O)SCF.C[C@@H]1CC2C3C[C@H](F)C4=CC(=O)C=C[C@]4(C)[C@@]34O[C@H]4C[C@]2(C)[C@@]1(OC(=O)c1ccco1)C(=O)SCF.I.[V]. The molecular formula is C54H58F5IO12S2V. The molecule has 12 nitrogen and oxygen atoms in total. The van der Waals surface area contributed by atoms with Crippen molar-refractivity contribution in [3.8, 4) is 0 Å². The third-order valence-corrected chi connectivity index (χ3v) is 20.9. The van der Waals surface area contributed by atoms with E-state index in [1.54, 1.807) is 26.0 Å². The summed E-state index contributed by atoms with van der Waals surface area (Å²) in [6, 6.07) is 3.83. The largest absolute Gasteiger partial charge is 0.457 e. The number of thioether (sulfide) groups is 2. The van der Waals surface area contributed by atoms with Crippen LogP contribution in [0.15, 0.2) is 93.2 Å². The summed E-state index contributed by atoms with van der Waals surface area (Å²) in [4.78, 5) is 77.5. The van der Waals surface area contributed by atoms with E-state index < -0.39 is 126 Å². The number of furan rings is 2. The Morgan fingerprint density at radius 2 is 1.13 bits per heavy atom. The van der Waals surface area contributed by atoms with Crippen LogP contribution in [0.2, 0.25) is 0 Å². The van der Waals surface area contributed by atoms with Gasteiger partial charge in [0.1, 0.15) is 30.0 Å². The molecule has 1 aliphatic heterocycles. The van der Waals surface area contributed by atoms with Crippen LogP contribution in [0.3, 0.4) is 0 Å². The topological polar surface area (TPSA) is 180 Å². The predicted octanol–water partition coefficient (Wildman–Crippen LogP) is 10.5. The molecule has 0 bridgehead atoms. The van der Waals surface area contributed by atoms with Crippen molar-refractivity contribution in [1.82, 2.24) is 0 Å². The van der Waals surface area contributed by atoms with Gasteiger partial charge in [-0.2, -0.15) is 0 Å². The number of fused-ring (bicyclic) bond motifs is 8. The Kier molecular flexibility index (Phi) is 15.3.